The summed E-state index contributed by atoms with van der Waals surface area (Å²) in [5.74, 6) is 0.689. The first-order valence-electron chi connectivity index (χ1n) is 9.34. The molecular formula is C22H21N3O3S. The van der Waals surface area contributed by atoms with Gasteiger partial charge in [0, 0.05) is 11.6 Å². The van der Waals surface area contributed by atoms with Crippen LogP contribution in [-0.2, 0) is 16.6 Å². The van der Waals surface area contributed by atoms with E-state index in [1.807, 2.05) is 74.5 Å². The number of fused-ring (bicyclic) bond motifs is 1. The van der Waals surface area contributed by atoms with Gasteiger partial charge in [0.05, 0.1) is 11.4 Å². The molecule has 0 bridgehead atoms. The van der Waals surface area contributed by atoms with Gasteiger partial charge in [-0.1, -0.05) is 65.8 Å². The summed E-state index contributed by atoms with van der Waals surface area (Å²) in [4.78, 5) is 4.62. The lowest BCUT2D eigenvalue weighted by Crippen LogP contribution is -2.36. The van der Waals surface area contributed by atoms with Crippen molar-refractivity contribution in [2.24, 2.45) is 0 Å². The first kappa shape index (κ1) is 19.3. The van der Waals surface area contributed by atoms with Gasteiger partial charge in [-0.2, -0.15) is 9.29 Å². The molecule has 1 aromatic heterocycles. The molecule has 0 saturated carbocycles. The van der Waals surface area contributed by atoms with Crippen molar-refractivity contribution in [2.75, 3.05) is 0 Å². The van der Waals surface area contributed by atoms with E-state index in [9.17, 15) is 8.42 Å². The number of nitrogens with zero attached hydrogens (tertiary/aromatic N) is 3. The number of benzene rings is 3. The molecular weight excluding hydrogens is 386 g/mol. The highest BCUT2D eigenvalue weighted by atomic mass is 32.2. The van der Waals surface area contributed by atoms with E-state index in [-0.39, 0.29) is 23.4 Å². The molecule has 3 aromatic carbocycles. The summed E-state index contributed by atoms with van der Waals surface area (Å²) in [7, 11) is -3.74. The third-order valence-electron chi connectivity index (χ3n) is 4.69. The zero-order chi connectivity index (χ0) is 20.4. The van der Waals surface area contributed by atoms with Gasteiger partial charge < -0.3 is 4.52 Å². The van der Waals surface area contributed by atoms with Crippen molar-refractivity contribution in [1.82, 2.24) is 14.4 Å². The summed E-state index contributed by atoms with van der Waals surface area (Å²) >= 11 is 0. The standard InChI is InChI=1S/C22H21N3O3S/c1-16(2)25(15-21-23-22(24-28-21)18-9-4-3-5-10-18)29(26,27)20-13-12-17-8-6-7-11-19(17)14-20/h3-14,16H,15H2,1-2H3. The van der Waals surface area contributed by atoms with Crippen LogP contribution in [0.1, 0.15) is 19.7 Å². The van der Waals surface area contributed by atoms with E-state index in [0.29, 0.717) is 5.82 Å². The summed E-state index contributed by atoms with van der Waals surface area (Å²) in [5.41, 5.74) is 0.816. The van der Waals surface area contributed by atoms with Crippen LogP contribution in [0.25, 0.3) is 22.2 Å². The minimum absolute atomic E-state index is 0.00661. The second kappa shape index (κ2) is 7.77. The van der Waals surface area contributed by atoms with Gasteiger partial charge in [0.1, 0.15) is 0 Å². The molecule has 4 aromatic rings. The van der Waals surface area contributed by atoms with Crippen molar-refractivity contribution in [1.29, 1.82) is 0 Å². The molecule has 148 valence electrons. The Morgan fingerprint density at radius 2 is 1.62 bits per heavy atom. The smallest absolute Gasteiger partial charge is 0.243 e. The minimum Gasteiger partial charge on any atom is -0.338 e. The molecule has 0 aliphatic carbocycles. The van der Waals surface area contributed by atoms with Crippen molar-refractivity contribution in [3.05, 3.63) is 78.7 Å². The Kier molecular flexibility index (Phi) is 5.17. The second-order valence-corrected chi connectivity index (χ2v) is 8.92. The van der Waals surface area contributed by atoms with Gasteiger partial charge in [0.15, 0.2) is 0 Å². The topological polar surface area (TPSA) is 76.3 Å². The lowest BCUT2D eigenvalue weighted by atomic mass is 10.1. The molecule has 0 atom stereocenters. The van der Waals surface area contributed by atoms with Crippen LogP contribution >= 0.6 is 0 Å². The zero-order valence-corrected chi connectivity index (χ0v) is 17.0. The highest BCUT2D eigenvalue weighted by molar-refractivity contribution is 7.89. The first-order valence-corrected chi connectivity index (χ1v) is 10.8. The van der Waals surface area contributed by atoms with E-state index in [1.165, 1.54) is 4.31 Å². The van der Waals surface area contributed by atoms with E-state index in [0.717, 1.165) is 16.3 Å². The monoisotopic (exact) mass is 407 g/mol. The van der Waals surface area contributed by atoms with Gasteiger partial charge in [-0.25, -0.2) is 8.42 Å². The van der Waals surface area contributed by atoms with Crippen LogP contribution < -0.4 is 0 Å². The van der Waals surface area contributed by atoms with Gasteiger partial charge in [0.2, 0.25) is 21.7 Å². The maximum Gasteiger partial charge on any atom is 0.243 e. The third-order valence-corrected chi connectivity index (χ3v) is 6.71. The third kappa shape index (κ3) is 3.92. The molecule has 7 heteroatoms. The predicted octanol–water partition coefficient (Wildman–Crippen LogP) is 4.49. The van der Waals surface area contributed by atoms with Crippen LogP contribution in [-0.4, -0.2) is 28.9 Å². The number of rotatable bonds is 6. The van der Waals surface area contributed by atoms with Gasteiger partial charge in [-0.05, 0) is 36.8 Å². The molecule has 0 radical (unpaired) electrons. The van der Waals surface area contributed by atoms with Crippen molar-refractivity contribution < 1.29 is 12.9 Å². The Bertz CT molecular complexity index is 1230. The summed E-state index contributed by atoms with van der Waals surface area (Å²) in [6.45, 7) is 3.66. The predicted molar refractivity (Wildman–Crippen MR) is 112 cm³/mol. The summed E-state index contributed by atoms with van der Waals surface area (Å²) in [6, 6.07) is 22.0. The highest BCUT2D eigenvalue weighted by Crippen LogP contribution is 2.25. The van der Waals surface area contributed by atoms with Gasteiger partial charge >= 0.3 is 0 Å². The highest BCUT2D eigenvalue weighted by Gasteiger charge is 2.29. The maximum absolute atomic E-state index is 13.3. The van der Waals surface area contributed by atoms with Crippen molar-refractivity contribution in [2.45, 2.75) is 31.3 Å². The molecule has 0 spiro atoms. The molecule has 29 heavy (non-hydrogen) atoms. The Labute approximate surface area is 169 Å². The normalized spacial score (nSPS) is 12.1. The molecule has 1 heterocycles. The Morgan fingerprint density at radius 1 is 0.931 bits per heavy atom. The Balaban J connectivity index is 1.65. The summed E-state index contributed by atoms with van der Waals surface area (Å²) in [5, 5.41) is 5.86. The van der Waals surface area contributed by atoms with E-state index < -0.39 is 10.0 Å². The number of hydrogen-bond donors (Lipinski definition) is 0. The SMILES string of the molecule is CC(C)N(Cc1nc(-c2ccccc2)no1)S(=O)(=O)c1ccc2ccccc2c1. The quantitative estimate of drug-likeness (QED) is 0.471. The lowest BCUT2D eigenvalue weighted by Gasteiger charge is -2.24. The minimum atomic E-state index is -3.74. The van der Waals surface area contributed by atoms with Crippen LogP contribution in [0.15, 0.2) is 82.2 Å². The Morgan fingerprint density at radius 3 is 2.34 bits per heavy atom. The summed E-state index contributed by atoms with van der Waals surface area (Å²) in [6.07, 6.45) is 0. The first-order chi connectivity index (χ1) is 13.9. The molecule has 4 rings (SSSR count). The molecule has 6 nitrogen and oxygen atoms in total. The van der Waals surface area contributed by atoms with E-state index in [2.05, 4.69) is 10.1 Å². The molecule has 0 amide bonds. The van der Waals surface area contributed by atoms with Crippen molar-refractivity contribution in [3.8, 4) is 11.4 Å². The largest absolute Gasteiger partial charge is 0.338 e. The van der Waals surface area contributed by atoms with Gasteiger partial charge in [0.25, 0.3) is 0 Å². The molecule has 0 fully saturated rings. The van der Waals surface area contributed by atoms with Gasteiger partial charge in [-0.3, -0.25) is 0 Å². The van der Waals surface area contributed by atoms with Crippen LogP contribution in [0.5, 0.6) is 0 Å². The van der Waals surface area contributed by atoms with Crippen molar-refractivity contribution >= 4 is 20.8 Å². The summed E-state index contributed by atoms with van der Waals surface area (Å²) < 4.78 is 33.4. The average Bonchev–Trinajstić information content (AvgIpc) is 3.21. The van der Waals surface area contributed by atoms with Crippen LogP contribution in [0, 0.1) is 0 Å². The number of sulfonamides is 1. The van der Waals surface area contributed by atoms with E-state index in [4.69, 9.17) is 4.52 Å². The van der Waals surface area contributed by atoms with Crippen molar-refractivity contribution in [3.63, 3.8) is 0 Å². The fourth-order valence-corrected chi connectivity index (χ4v) is 4.79. The van der Waals surface area contributed by atoms with Crippen LogP contribution in [0.3, 0.4) is 0 Å². The molecule has 0 unspecified atom stereocenters. The van der Waals surface area contributed by atoms with Gasteiger partial charge in [-0.15, -0.1) is 0 Å². The van der Waals surface area contributed by atoms with Crippen LogP contribution in [0.2, 0.25) is 0 Å². The molecule has 0 aliphatic rings. The van der Waals surface area contributed by atoms with E-state index in [1.54, 1.807) is 12.1 Å². The van der Waals surface area contributed by atoms with E-state index >= 15 is 0 Å². The fourth-order valence-electron chi connectivity index (χ4n) is 3.17. The number of aromatic nitrogens is 2. The maximum atomic E-state index is 13.3. The molecule has 0 saturated heterocycles. The second-order valence-electron chi connectivity index (χ2n) is 7.03. The Hall–Kier alpha value is -3.03. The lowest BCUT2D eigenvalue weighted by molar-refractivity contribution is 0.286. The fraction of sp³-hybridized carbons (Fsp3) is 0.182. The molecule has 0 aliphatic heterocycles. The molecule has 0 N–H and O–H groups in total. The zero-order valence-electron chi connectivity index (χ0n) is 16.2. The van der Waals surface area contributed by atoms with Crippen LogP contribution in [0.4, 0.5) is 0 Å². The number of hydrogen-bond acceptors (Lipinski definition) is 5. The average molecular weight is 407 g/mol.